The molecule has 20 heteroatoms. The molecule has 0 saturated carbocycles. The quantitative estimate of drug-likeness (QED) is 0.0695. The van der Waals surface area contributed by atoms with Crippen LogP contribution < -0.4 is 20.9 Å². The van der Waals surface area contributed by atoms with Crippen LogP contribution in [0, 0.1) is 33.1 Å². The van der Waals surface area contributed by atoms with E-state index in [9.17, 15) is 24.3 Å². The molecule has 400 valence electrons. The summed E-state index contributed by atoms with van der Waals surface area (Å²) < 4.78 is 7.88. The number of anilines is 1. The molecule has 1 unspecified atom stereocenters. The van der Waals surface area contributed by atoms with Gasteiger partial charge in [0.05, 0.1) is 40.9 Å². The van der Waals surface area contributed by atoms with Gasteiger partial charge in [0.2, 0.25) is 23.6 Å². The van der Waals surface area contributed by atoms with Gasteiger partial charge in [-0.15, -0.1) is 32.9 Å². The minimum atomic E-state index is -0.950. The third-order valence-electron chi connectivity index (χ3n) is 14.4. The van der Waals surface area contributed by atoms with Crippen LogP contribution in [-0.4, -0.2) is 135 Å². The monoisotopic (exact) mass is 1090 g/mol. The number of aliphatic imine (C=N–C) groups is 1. The Labute approximate surface area is 456 Å². The number of benzene rings is 3. The summed E-state index contributed by atoms with van der Waals surface area (Å²) in [5.41, 5.74) is 10.00. The summed E-state index contributed by atoms with van der Waals surface area (Å²) in [5.74, 6) is 0.0170. The lowest BCUT2D eigenvalue weighted by Crippen LogP contribution is -2.58. The van der Waals surface area contributed by atoms with Crippen molar-refractivity contribution in [1.29, 1.82) is 0 Å². The number of aromatic nitrogens is 4. The normalized spacial score (nSPS) is 18.1. The molecular formula is C56H66ClN11O6S2. The second kappa shape index (κ2) is 23.5. The van der Waals surface area contributed by atoms with Gasteiger partial charge in [-0.2, -0.15) is 0 Å². The Bertz CT molecular complexity index is 3090. The summed E-state index contributed by atoms with van der Waals surface area (Å²) in [6.45, 7) is 18.3. The van der Waals surface area contributed by atoms with E-state index in [4.69, 9.17) is 21.3 Å². The van der Waals surface area contributed by atoms with E-state index in [-0.39, 0.29) is 44.4 Å². The standard InChI is InChI=1S/C56H66ClN11O6S2/c1-33-35(3)76-55-48(33)49(39-14-16-41(57)17-15-39)61-44(52-64-63-36(4)68(52)55)27-46(70)58-28-38-10-18-42(19-11-38)66-22-20-65(21-23-66)24-25-74-31-47(71)62-51(56(5,6)7)54(73)67-30-43(69)26-45(67)53(72)59-29-37-8-12-40(13-9-37)50-34(2)60-32-75-50/h8-19,32,43-45,51,69H,20-31H2,1-7H3,(H,58,70)(H,59,72)(H,62,71)/t43-,44+,45+,51?/m1/s1. The number of carbonyl (C=O) groups excluding carboxylic acids is 4. The van der Waals surface area contributed by atoms with Crippen LogP contribution in [-0.2, 0) is 37.0 Å². The van der Waals surface area contributed by atoms with Crippen molar-refractivity contribution in [3.63, 3.8) is 0 Å². The highest BCUT2D eigenvalue weighted by Gasteiger charge is 2.44. The highest BCUT2D eigenvalue weighted by Crippen LogP contribution is 2.40. The van der Waals surface area contributed by atoms with E-state index in [1.165, 1.54) is 9.78 Å². The zero-order chi connectivity index (χ0) is 53.8. The molecule has 3 aromatic heterocycles. The number of rotatable bonds is 17. The molecule has 0 spiro atoms. The number of nitrogens with one attached hydrogen (secondary N) is 3. The van der Waals surface area contributed by atoms with E-state index >= 15 is 0 Å². The number of fused-ring (bicyclic) bond motifs is 3. The molecule has 4 atom stereocenters. The molecule has 4 amide bonds. The number of halogens is 1. The van der Waals surface area contributed by atoms with Crippen LogP contribution in [0.4, 0.5) is 5.69 Å². The van der Waals surface area contributed by atoms with Crippen molar-refractivity contribution in [3.05, 3.63) is 133 Å². The lowest BCUT2D eigenvalue weighted by atomic mass is 9.85. The van der Waals surface area contributed by atoms with Gasteiger partial charge < -0.3 is 35.6 Å². The van der Waals surface area contributed by atoms with E-state index in [0.29, 0.717) is 30.5 Å². The van der Waals surface area contributed by atoms with E-state index < -0.39 is 41.5 Å². The highest BCUT2D eigenvalue weighted by atomic mass is 35.5. The largest absolute Gasteiger partial charge is 0.391 e. The Morgan fingerprint density at radius 2 is 1.53 bits per heavy atom. The van der Waals surface area contributed by atoms with Crippen molar-refractivity contribution < 1.29 is 29.0 Å². The number of β-amino-alcohol motifs (C(OH)–C–C–N with tert-alkyl or cyclic N) is 1. The number of amides is 4. The number of thiophene rings is 1. The minimum absolute atomic E-state index is 0.00692. The minimum Gasteiger partial charge on any atom is -0.391 e. The molecule has 2 saturated heterocycles. The van der Waals surface area contributed by atoms with Gasteiger partial charge in [0.1, 0.15) is 35.6 Å². The van der Waals surface area contributed by atoms with Crippen molar-refractivity contribution in [2.75, 3.05) is 57.4 Å². The number of aliphatic hydroxyl groups is 1. The summed E-state index contributed by atoms with van der Waals surface area (Å²) in [5, 5.41) is 30.2. The molecule has 0 bridgehead atoms. The zero-order valence-corrected chi connectivity index (χ0v) is 46.4. The lowest BCUT2D eigenvalue weighted by Gasteiger charge is -2.36. The second-order valence-electron chi connectivity index (χ2n) is 20.9. The number of likely N-dealkylation sites (tertiary alicyclic amines) is 1. The van der Waals surface area contributed by atoms with Crippen molar-refractivity contribution in [2.24, 2.45) is 10.4 Å². The number of aryl methyl sites for hydroxylation is 3. The van der Waals surface area contributed by atoms with Gasteiger partial charge in [-0.3, -0.25) is 33.6 Å². The topological polar surface area (TPSA) is 200 Å². The molecule has 6 aromatic rings. The molecule has 0 radical (unpaired) electrons. The number of aliphatic hydroxyl groups excluding tert-OH is 1. The second-order valence-corrected chi connectivity index (χ2v) is 23.4. The van der Waals surface area contributed by atoms with Crippen LogP contribution in [0.5, 0.6) is 0 Å². The van der Waals surface area contributed by atoms with E-state index in [1.54, 1.807) is 22.7 Å². The summed E-state index contributed by atoms with van der Waals surface area (Å²) in [6, 6.07) is 21.4. The van der Waals surface area contributed by atoms with Gasteiger partial charge in [-0.1, -0.05) is 80.9 Å². The number of thiazole rings is 1. The van der Waals surface area contributed by atoms with E-state index in [0.717, 1.165) is 92.4 Å². The van der Waals surface area contributed by atoms with Crippen LogP contribution in [0.3, 0.4) is 0 Å². The van der Waals surface area contributed by atoms with E-state index in [2.05, 4.69) is 66.9 Å². The van der Waals surface area contributed by atoms with Gasteiger partial charge >= 0.3 is 0 Å². The zero-order valence-electron chi connectivity index (χ0n) is 44.1. The van der Waals surface area contributed by atoms with Gasteiger partial charge in [0.25, 0.3) is 0 Å². The van der Waals surface area contributed by atoms with Gasteiger partial charge in [0.15, 0.2) is 5.82 Å². The van der Waals surface area contributed by atoms with Gasteiger partial charge in [-0.25, -0.2) is 4.98 Å². The molecule has 3 aliphatic rings. The number of hydrogen-bond donors (Lipinski definition) is 4. The van der Waals surface area contributed by atoms with Crippen molar-refractivity contribution >= 4 is 69.3 Å². The molecule has 6 heterocycles. The van der Waals surface area contributed by atoms with Gasteiger partial charge in [-0.05, 0) is 79.6 Å². The SMILES string of the molecule is Cc1ncsc1-c1ccc(CNC(=O)[C@@H]2C[C@@H](O)CN2C(=O)C(NC(=O)COCCN2CCN(c3ccc(CNC(=O)C[C@@H]4N=C(c5ccc(Cl)cc5)c5c(sc(C)c5C)-n5c(C)nnc54)cc3)CC2)C(C)(C)C)cc1. The Kier molecular flexibility index (Phi) is 16.8. The number of hydrogen-bond acceptors (Lipinski definition) is 14. The molecule has 76 heavy (non-hydrogen) atoms. The van der Waals surface area contributed by atoms with E-state index in [1.807, 2.05) is 105 Å². The fourth-order valence-corrected chi connectivity index (χ4v) is 12.1. The number of carbonyl (C=O) groups is 4. The summed E-state index contributed by atoms with van der Waals surface area (Å²) in [4.78, 5) is 72.4. The summed E-state index contributed by atoms with van der Waals surface area (Å²) in [6.07, 6.45) is -0.663. The number of ether oxygens (including phenoxy) is 1. The first kappa shape index (κ1) is 54.4. The fourth-order valence-electron chi connectivity index (χ4n) is 9.98. The maximum atomic E-state index is 14.1. The number of piperazine rings is 1. The Morgan fingerprint density at radius 1 is 0.855 bits per heavy atom. The van der Waals surface area contributed by atoms with Crippen LogP contribution in [0.25, 0.3) is 15.4 Å². The molecule has 9 rings (SSSR count). The molecule has 2 fully saturated rings. The first-order chi connectivity index (χ1) is 36.4. The third-order valence-corrected chi connectivity index (χ3v) is 16.8. The predicted octanol–water partition coefficient (Wildman–Crippen LogP) is 6.89. The van der Waals surface area contributed by atoms with Gasteiger partial charge in [0, 0.05) is 85.5 Å². The molecule has 0 aliphatic carbocycles. The van der Waals surface area contributed by atoms with Crippen molar-refractivity contribution in [3.8, 4) is 15.4 Å². The smallest absolute Gasteiger partial charge is 0.246 e. The first-order valence-electron chi connectivity index (χ1n) is 25.7. The molecular weight excluding hydrogens is 1020 g/mol. The van der Waals surface area contributed by atoms with Crippen LogP contribution in [0.15, 0.2) is 83.3 Å². The van der Waals surface area contributed by atoms with Crippen LogP contribution >= 0.6 is 34.3 Å². The van der Waals surface area contributed by atoms with Crippen molar-refractivity contribution in [1.82, 2.24) is 45.5 Å². The predicted molar refractivity (Wildman–Crippen MR) is 297 cm³/mol. The average Bonchev–Trinajstić information content (AvgIpc) is 4.20. The maximum Gasteiger partial charge on any atom is 0.246 e. The molecule has 17 nitrogen and oxygen atoms in total. The first-order valence-corrected chi connectivity index (χ1v) is 27.8. The van der Waals surface area contributed by atoms with Crippen LogP contribution in [0.1, 0.15) is 89.7 Å². The molecule has 3 aliphatic heterocycles. The van der Waals surface area contributed by atoms with Crippen molar-refractivity contribution in [2.45, 2.75) is 98.6 Å². The summed E-state index contributed by atoms with van der Waals surface area (Å²) in [7, 11) is 0. The third kappa shape index (κ3) is 12.4. The number of nitrogens with zero attached hydrogens (tertiary/aromatic N) is 8. The maximum absolute atomic E-state index is 14.1. The molecule has 4 N–H and O–H groups in total. The summed E-state index contributed by atoms with van der Waals surface area (Å²) >= 11 is 9.53. The Hall–Kier alpha value is -6.35. The Morgan fingerprint density at radius 3 is 2.20 bits per heavy atom. The average molecular weight is 1090 g/mol. The fraction of sp³-hybridized carbons (Fsp3) is 0.429. The van der Waals surface area contributed by atoms with Crippen LogP contribution in [0.2, 0.25) is 5.02 Å². The Balaban J connectivity index is 0.708. The lowest BCUT2D eigenvalue weighted by molar-refractivity contribution is -0.144. The highest BCUT2D eigenvalue weighted by molar-refractivity contribution is 7.15. The molecule has 3 aromatic carbocycles.